The van der Waals surface area contributed by atoms with Gasteiger partial charge in [-0.1, -0.05) is 35.5 Å². The summed E-state index contributed by atoms with van der Waals surface area (Å²) in [7, 11) is 0. The number of nitrogens with one attached hydrogen (secondary N) is 1. The number of hydrogen-bond donors (Lipinski definition) is 2. The van der Waals surface area contributed by atoms with Gasteiger partial charge in [0, 0.05) is 5.02 Å². The van der Waals surface area contributed by atoms with E-state index >= 15 is 0 Å². The summed E-state index contributed by atoms with van der Waals surface area (Å²) in [6.45, 7) is 1.78. The first kappa shape index (κ1) is 15.5. The van der Waals surface area contributed by atoms with E-state index in [1.807, 2.05) is 12.1 Å². The SMILES string of the molecule is C/C(=N\N=C1\NC(=O)[C@H](CC(=O)O)S1)c1ccc(Cl)cc1. The lowest BCUT2D eigenvalue weighted by Gasteiger charge is -1.99. The first-order chi connectivity index (χ1) is 9.95. The van der Waals surface area contributed by atoms with Gasteiger partial charge < -0.3 is 10.4 Å². The summed E-state index contributed by atoms with van der Waals surface area (Å²) in [6.07, 6.45) is -0.241. The first-order valence-electron chi connectivity index (χ1n) is 6.03. The fourth-order valence-corrected chi connectivity index (χ4v) is 2.65. The lowest BCUT2D eigenvalue weighted by atomic mass is 10.1. The van der Waals surface area contributed by atoms with E-state index in [1.165, 1.54) is 0 Å². The molecule has 0 aromatic heterocycles. The van der Waals surface area contributed by atoms with Crippen LogP contribution in [0.1, 0.15) is 18.9 Å². The summed E-state index contributed by atoms with van der Waals surface area (Å²) in [5, 5.41) is 19.5. The molecule has 1 heterocycles. The zero-order chi connectivity index (χ0) is 15.4. The Morgan fingerprint density at radius 3 is 2.71 bits per heavy atom. The van der Waals surface area contributed by atoms with Crippen molar-refractivity contribution >= 4 is 46.1 Å². The van der Waals surface area contributed by atoms with Gasteiger partial charge in [0.15, 0.2) is 5.17 Å². The van der Waals surface area contributed by atoms with Crippen molar-refractivity contribution in [2.45, 2.75) is 18.6 Å². The van der Waals surface area contributed by atoms with Crippen LogP contribution < -0.4 is 5.32 Å². The van der Waals surface area contributed by atoms with Gasteiger partial charge in [-0.05, 0) is 24.6 Å². The van der Waals surface area contributed by atoms with Crippen molar-refractivity contribution in [2.24, 2.45) is 10.2 Å². The minimum Gasteiger partial charge on any atom is -0.481 e. The van der Waals surface area contributed by atoms with Crippen LogP contribution >= 0.6 is 23.4 Å². The molecule has 1 fully saturated rings. The number of benzene rings is 1. The number of thioether (sulfide) groups is 1. The fraction of sp³-hybridized carbons (Fsp3) is 0.231. The zero-order valence-corrected chi connectivity index (χ0v) is 12.6. The highest BCUT2D eigenvalue weighted by atomic mass is 35.5. The molecule has 1 amide bonds. The maximum atomic E-state index is 11.5. The lowest BCUT2D eigenvalue weighted by molar-refractivity contribution is -0.138. The monoisotopic (exact) mass is 325 g/mol. The Kier molecular flexibility index (Phi) is 4.98. The van der Waals surface area contributed by atoms with Crippen LogP contribution in [0.5, 0.6) is 0 Å². The van der Waals surface area contributed by atoms with Crippen LogP contribution in [0, 0.1) is 0 Å². The number of amides is 1. The largest absolute Gasteiger partial charge is 0.481 e. The summed E-state index contributed by atoms with van der Waals surface area (Å²) in [5.74, 6) is -1.38. The number of carboxylic acid groups (broad SMARTS) is 1. The molecular formula is C13H12ClN3O3S. The van der Waals surface area contributed by atoms with Crippen molar-refractivity contribution in [3.05, 3.63) is 34.9 Å². The Morgan fingerprint density at radius 2 is 2.10 bits per heavy atom. The molecule has 1 saturated heterocycles. The second-order valence-electron chi connectivity index (χ2n) is 4.29. The van der Waals surface area contributed by atoms with E-state index in [4.69, 9.17) is 16.7 Å². The quantitative estimate of drug-likeness (QED) is 0.655. The number of nitrogens with zero attached hydrogens (tertiary/aromatic N) is 2. The molecule has 2 rings (SSSR count). The Bertz CT molecular complexity index is 628. The van der Waals surface area contributed by atoms with Crippen LogP contribution in [-0.4, -0.2) is 33.1 Å². The number of carbonyl (C=O) groups is 2. The number of rotatable bonds is 4. The molecule has 21 heavy (non-hydrogen) atoms. The van der Waals surface area contributed by atoms with E-state index in [0.29, 0.717) is 15.9 Å². The molecule has 0 radical (unpaired) electrons. The number of aliphatic carboxylic acids is 1. The third-order valence-electron chi connectivity index (χ3n) is 2.69. The molecule has 110 valence electrons. The minimum atomic E-state index is -1.02. The number of halogens is 1. The third kappa shape index (κ3) is 4.30. The highest BCUT2D eigenvalue weighted by Gasteiger charge is 2.32. The lowest BCUT2D eigenvalue weighted by Crippen LogP contribution is -2.26. The molecule has 1 atom stereocenters. The average molecular weight is 326 g/mol. The van der Waals surface area contributed by atoms with Crippen molar-refractivity contribution in [2.75, 3.05) is 0 Å². The number of carbonyl (C=O) groups excluding carboxylic acids is 1. The summed E-state index contributed by atoms with van der Waals surface area (Å²) in [4.78, 5) is 22.1. The molecule has 0 saturated carbocycles. The zero-order valence-electron chi connectivity index (χ0n) is 11.0. The molecule has 1 aromatic carbocycles. The van der Waals surface area contributed by atoms with Crippen molar-refractivity contribution in [1.29, 1.82) is 0 Å². The van der Waals surface area contributed by atoms with Gasteiger partial charge in [0.1, 0.15) is 5.25 Å². The Labute approximate surface area is 130 Å². The highest BCUT2D eigenvalue weighted by Crippen LogP contribution is 2.22. The predicted molar refractivity (Wildman–Crippen MR) is 82.9 cm³/mol. The van der Waals surface area contributed by atoms with Crippen molar-refractivity contribution in [3.63, 3.8) is 0 Å². The summed E-state index contributed by atoms with van der Waals surface area (Å²) in [5.41, 5.74) is 1.52. The van der Waals surface area contributed by atoms with Gasteiger partial charge in [0.2, 0.25) is 5.91 Å². The van der Waals surface area contributed by atoms with Gasteiger partial charge in [-0.15, -0.1) is 5.10 Å². The van der Waals surface area contributed by atoms with E-state index < -0.39 is 11.2 Å². The molecule has 0 spiro atoms. The maximum Gasteiger partial charge on any atom is 0.305 e. The van der Waals surface area contributed by atoms with Crippen LogP contribution in [0.25, 0.3) is 0 Å². The van der Waals surface area contributed by atoms with Crippen molar-refractivity contribution < 1.29 is 14.7 Å². The number of hydrogen-bond acceptors (Lipinski definition) is 5. The van der Waals surface area contributed by atoms with Gasteiger partial charge in [0.05, 0.1) is 12.1 Å². The second kappa shape index (κ2) is 6.73. The second-order valence-corrected chi connectivity index (χ2v) is 5.92. The Hall–Kier alpha value is -1.86. The molecule has 1 aliphatic rings. The molecule has 0 aliphatic carbocycles. The van der Waals surface area contributed by atoms with E-state index in [1.54, 1.807) is 19.1 Å². The molecule has 2 N–H and O–H groups in total. The Morgan fingerprint density at radius 1 is 1.43 bits per heavy atom. The number of carboxylic acids is 1. The standard InChI is InChI=1S/C13H12ClN3O3S/c1-7(8-2-4-9(14)5-3-8)16-17-13-15-12(20)10(21-13)6-11(18)19/h2-5,10H,6H2,1H3,(H,18,19)(H,15,17,20)/b16-7+/t10-/m0/s1. The molecule has 0 unspecified atom stereocenters. The first-order valence-corrected chi connectivity index (χ1v) is 7.29. The van der Waals surface area contributed by atoms with E-state index in [9.17, 15) is 9.59 Å². The van der Waals surface area contributed by atoms with Gasteiger partial charge in [-0.2, -0.15) is 5.10 Å². The highest BCUT2D eigenvalue weighted by molar-refractivity contribution is 8.15. The predicted octanol–water partition coefficient (Wildman–Crippen LogP) is 2.13. The van der Waals surface area contributed by atoms with Crippen LogP contribution in [0.4, 0.5) is 0 Å². The van der Waals surface area contributed by atoms with Gasteiger partial charge in [-0.3, -0.25) is 9.59 Å². The molecule has 8 heteroatoms. The smallest absolute Gasteiger partial charge is 0.305 e. The molecule has 1 aromatic rings. The summed E-state index contributed by atoms with van der Waals surface area (Å²) in [6, 6.07) is 7.12. The molecular weight excluding hydrogens is 314 g/mol. The average Bonchev–Trinajstić information content (AvgIpc) is 2.77. The van der Waals surface area contributed by atoms with E-state index in [0.717, 1.165) is 17.3 Å². The summed E-state index contributed by atoms with van der Waals surface area (Å²) < 4.78 is 0. The fourth-order valence-electron chi connectivity index (χ4n) is 1.61. The van der Waals surface area contributed by atoms with Crippen LogP contribution in [0.15, 0.2) is 34.5 Å². The third-order valence-corrected chi connectivity index (χ3v) is 4.01. The normalized spacial score (nSPS) is 20.7. The van der Waals surface area contributed by atoms with Gasteiger partial charge in [0.25, 0.3) is 0 Å². The van der Waals surface area contributed by atoms with Gasteiger partial charge in [-0.25, -0.2) is 0 Å². The van der Waals surface area contributed by atoms with Crippen LogP contribution in [0.3, 0.4) is 0 Å². The Balaban J connectivity index is 2.07. The summed E-state index contributed by atoms with van der Waals surface area (Å²) >= 11 is 6.87. The van der Waals surface area contributed by atoms with E-state index in [2.05, 4.69) is 15.5 Å². The van der Waals surface area contributed by atoms with Gasteiger partial charge >= 0.3 is 5.97 Å². The topological polar surface area (TPSA) is 91.1 Å². The van der Waals surface area contributed by atoms with Crippen molar-refractivity contribution in [1.82, 2.24) is 5.32 Å². The van der Waals surface area contributed by atoms with Crippen molar-refractivity contribution in [3.8, 4) is 0 Å². The van der Waals surface area contributed by atoms with E-state index in [-0.39, 0.29) is 12.3 Å². The van der Waals surface area contributed by atoms with Crippen LogP contribution in [-0.2, 0) is 9.59 Å². The molecule has 0 bridgehead atoms. The molecule has 1 aliphatic heterocycles. The number of amidine groups is 1. The van der Waals surface area contributed by atoms with Crippen LogP contribution in [0.2, 0.25) is 5.02 Å². The molecule has 6 nitrogen and oxygen atoms in total. The minimum absolute atomic E-state index is 0.241. The maximum absolute atomic E-state index is 11.5.